The predicted octanol–water partition coefficient (Wildman–Crippen LogP) is 0.610. The molecule has 0 saturated carbocycles. The van der Waals surface area contributed by atoms with E-state index in [-0.39, 0.29) is 23.4 Å². The summed E-state index contributed by atoms with van der Waals surface area (Å²) in [6.45, 7) is 2.19. The van der Waals surface area contributed by atoms with Crippen LogP contribution in [-0.4, -0.2) is 64.0 Å². The van der Waals surface area contributed by atoms with Crippen molar-refractivity contribution in [2.45, 2.75) is 19.0 Å². The van der Waals surface area contributed by atoms with Crippen molar-refractivity contribution < 1.29 is 12.8 Å². The molecule has 0 radical (unpaired) electrons. The SMILES string of the molecule is CN=C(NCCN(C)Cc1ccc(F)cc1)NC1CCS(=O)(=O)C1. The molecule has 1 fully saturated rings. The number of nitrogens with zero attached hydrogens (tertiary/aromatic N) is 2. The number of rotatable bonds is 6. The van der Waals surface area contributed by atoms with Crippen LogP contribution in [-0.2, 0) is 16.4 Å². The van der Waals surface area contributed by atoms with Crippen LogP contribution >= 0.6 is 0 Å². The summed E-state index contributed by atoms with van der Waals surface area (Å²) in [5.74, 6) is 0.791. The van der Waals surface area contributed by atoms with Gasteiger partial charge in [0.25, 0.3) is 0 Å². The molecule has 1 aromatic rings. The third kappa shape index (κ3) is 6.09. The van der Waals surface area contributed by atoms with Crippen molar-refractivity contribution in [2.75, 3.05) is 38.7 Å². The summed E-state index contributed by atoms with van der Waals surface area (Å²) >= 11 is 0. The van der Waals surface area contributed by atoms with Crippen LogP contribution in [0.3, 0.4) is 0 Å². The number of hydrogen-bond acceptors (Lipinski definition) is 4. The summed E-state index contributed by atoms with van der Waals surface area (Å²) < 4.78 is 35.8. The van der Waals surface area contributed by atoms with E-state index in [4.69, 9.17) is 0 Å². The molecule has 24 heavy (non-hydrogen) atoms. The van der Waals surface area contributed by atoms with Crippen molar-refractivity contribution in [3.8, 4) is 0 Å². The van der Waals surface area contributed by atoms with Crippen LogP contribution in [0.1, 0.15) is 12.0 Å². The summed E-state index contributed by atoms with van der Waals surface area (Å²) in [6, 6.07) is 6.41. The van der Waals surface area contributed by atoms with Crippen molar-refractivity contribution in [3.63, 3.8) is 0 Å². The molecule has 0 aliphatic carbocycles. The molecule has 1 atom stereocenters. The van der Waals surface area contributed by atoms with Gasteiger partial charge in [0.05, 0.1) is 11.5 Å². The van der Waals surface area contributed by atoms with E-state index in [1.54, 1.807) is 19.2 Å². The quantitative estimate of drug-likeness (QED) is 0.577. The van der Waals surface area contributed by atoms with Crippen LogP contribution in [0.5, 0.6) is 0 Å². The number of nitrogens with one attached hydrogen (secondary N) is 2. The molecule has 1 heterocycles. The Bertz CT molecular complexity index is 661. The fraction of sp³-hybridized carbons (Fsp3) is 0.562. The average Bonchev–Trinajstić information content (AvgIpc) is 2.87. The van der Waals surface area contributed by atoms with Gasteiger partial charge in [-0.25, -0.2) is 12.8 Å². The first-order valence-electron chi connectivity index (χ1n) is 7.98. The van der Waals surface area contributed by atoms with Gasteiger partial charge in [0.1, 0.15) is 5.82 Å². The lowest BCUT2D eigenvalue weighted by Crippen LogP contribution is -2.45. The van der Waals surface area contributed by atoms with E-state index >= 15 is 0 Å². The molecule has 0 amide bonds. The second kappa shape index (κ2) is 8.43. The first-order chi connectivity index (χ1) is 11.4. The minimum Gasteiger partial charge on any atom is -0.355 e. The zero-order valence-electron chi connectivity index (χ0n) is 14.1. The van der Waals surface area contributed by atoms with E-state index in [1.807, 2.05) is 7.05 Å². The van der Waals surface area contributed by atoms with Gasteiger partial charge in [-0.2, -0.15) is 0 Å². The smallest absolute Gasteiger partial charge is 0.191 e. The maximum atomic E-state index is 12.9. The van der Waals surface area contributed by atoms with Crippen molar-refractivity contribution >= 4 is 15.8 Å². The topological polar surface area (TPSA) is 73.8 Å². The molecule has 1 aromatic carbocycles. The molecule has 1 aliphatic rings. The molecule has 1 aliphatic heterocycles. The standard InChI is InChI=1S/C16H25FN4O2S/c1-18-16(20-15-7-10-24(22,23)12-15)19-8-9-21(2)11-13-3-5-14(17)6-4-13/h3-6,15H,7-12H2,1-2H3,(H2,18,19,20). The van der Waals surface area contributed by atoms with Gasteiger partial charge in [0.15, 0.2) is 15.8 Å². The van der Waals surface area contributed by atoms with Crippen LogP contribution < -0.4 is 10.6 Å². The number of sulfone groups is 1. The third-order valence-electron chi connectivity index (χ3n) is 3.95. The molecule has 134 valence electrons. The number of halogens is 1. The summed E-state index contributed by atoms with van der Waals surface area (Å²) in [7, 11) is 0.757. The van der Waals surface area contributed by atoms with Gasteiger partial charge in [-0.15, -0.1) is 0 Å². The Kier molecular flexibility index (Phi) is 6.56. The predicted molar refractivity (Wildman–Crippen MR) is 94.3 cm³/mol. The number of benzene rings is 1. The molecule has 0 aromatic heterocycles. The van der Waals surface area contributed by atoms with Crippen LogP contribution in [0.4, 0.5) is 4.39 Å². The monoisotopic (exact) mass is 356 g/mol. The first kappa shape index (κ1) is 18.7. The average molecular weight is 356 g/mol. The van der Waals surface area contributed by atoms with Gasteiger partial charge in [0.2, 0.25) is 0 Å². The van der Waals surface area contributed by atoms with E-state index in [1.165, 1.54) is 12.1 Å². The molecule has 6 nitrogen and oxygen atoms in total. The summed E-state index contributed by atoms with van der Waals surface area (Å²) in [5, 5.41) is 6.34. The highest BCUT2D eigenvalue weighted by molar-refractivity contribution is 7.91. The Morgan fingerprint density at radius 3 is 2.67 bits per heavy atom. The van der Waals surface area contributed by atoms with Gasteiger partial charge in [-0.05, 0) is 31.2 Å². The maximum Gasteiger partial charge on any atom is 0.191 e. The Balaban J connectivity index is 1.70. The van der Waals surface area contributed by atoms with E-state index < -0.39 is 9.84 Å². The Morgan fingerprint density at radius 2 is 2.08 bits per heavy atom. The van der Waals surface area contributed by atoms with Crippen LogP contribution in [0.25, 0.3) is 0 Å². The van der Waals surface area contributed by atoms with Gasteiger partial charge in [-0.1, -0.05) is 12.1 Å². The fourth-order valence-electron chi connectivity index (χ4n) is 2.64. The lowest BCUT2D eigenvalue weighted by molar-refractivity contribution is 0.331. The Labute approximate surface area is 143 Å². The second-order valence-electron chi connectivity index (χ2n) is 6.11. The maximum absolute atomic E-state index is 12.9. The Morgan fingerprint density at radius 1 is 1.38 bits per heavy atom. The minimum absolute atomic E-state index is 0.0712. The molecule has 0 spiro atoms. The van der Waals surface area contributed by atoms with E-state index in [0.29, 0.717) is 18.9 Å². The van der Waals surface area contributed by atoms with Crippen molar-refractivity contribution in [1.82, 2.24) is 15.5 Å². The van der Waals surface area contributed by atoms with Crippen molar-refractivity contribution in [1.29, 1.82) is 0 Å². The second-order valence-corrected chi connectivity index (χ2v) is 8.34. The molecular weight excluding hydrogens is 331 g/mol. The molecule has 1 unspecified atom stereocenters. The van der Waals surface area contributed by atoms with Crippen molar-refractivity contribution in [3.05, 3.63) is 35.6 Å². The fourth-order valence-corrected chi connectivity index (χ4v) is 4.32. The van der Waals surface area contributed by atoms with Crippen molar-refractivity contribution in [2.24, 2.45) is 4.99 Å². The van der Waals surface area contributed by atoms with Crippen LogP contribution in [0, 0.1) is 5.82 Å². The molecule has 2 rings (SSSR count). The summed E-state index contributed by atoms with van der Waals surface area (Å²) in [6.07, 6.45) is 0.619. The number of aliphatic imine (C=N–C) groups is 1. The molecule has 0 bridgehead atoms. The molecule has 1 saturated heterocycles. The molecule has 8 heteroatoms. The zero-order chi connectivity index (χ0) is 17.6. The summed E-state index contributed by atoms with van der Waals surface area (Å²) in [4.78, 5) is 6.25. The van der Waals surface area contributed by atoms with Gasteiger partial charge >= 0.3 is 0 Å². The number of likely N-dealkylation sites (N-methyl/N-ethyl adjacent to an activating group) is 1. The third-order valence-corrected chi connectivity index (χ3v) is 5.72. The zero-order valence-corrected chi connectivity index (χ0v) is 14.9. The van der Waals surface area contributed by atoms with E-state index in [2.05, 4.69) is 20.5 Å². The van der Waals surface area contributed by atoms with E-state index in [0.717, 1.165) is 18.7 Å². The minimum atomic E-state index is -2.90. The molecular formula is C16H25FN4O2S. The van der Waals surface area contributed by atoms with Gasteiger partial charge < -0.3 is 15.5 Å². The van der Waals surface area contributed by atoms with Gasteiger partial charge in [0, 0.05) is 32.7 Å². The Hall–Kier alpha value is -1.67. The summed E-state index contributed by atoms with van der Waals surface area (Å²) in [5.41, 5.74) is 1.05. The highest BCUT2D eigenvalue weighted by atomic mass is 32.2. The van der Waals surface area contributed by atoms with Gasteiger partial charge in [-0.3, -0.25) is 4.99 Å². The van der Waals surface area contributed by atoms with Crippen LogP contribution in [0.2, 0.25) is 0 Å². The van der Waals surface area contributed by atoms with E-state index in [9.17, 15) is 12.8 Å². The first-order valence-corrected chi connectivity index (χ1v) is 9.81. The normalized spacial score (nSPS) is 20.3. The number of hydrogen-bond donors (Lipinski definition) is 2. The highest BCUT2D eigenvalue weighted by Gasteiger charge is 2.28. The van der Waals surface area contributed by atoms with Crippen LogP contribution in [0.15, 0.2) is 29.3 Å². The molecule has 2 N–H and O–H groups in total. The highest BCUT2D eigenvalue weighted by Crippen LogP contribution is 2.10. The largest absolute Gasteiger partial charge is 0.355 e. The number of guanidine groups is 1. The lowest BCUT2D eigenvalue weighted by atomic mass is 10.2. The lowest BCUT2D eigenvalue weighted by Gasteiger charge is -2.20.